The first kappa shape index (κ1) is 13.3. The van der Waals surface area contributed by atoms with Gasteiger partial charge >= 0.3 is 0 Å². The Morgan fingerprint density at radius 1 is 1.20 bits per heavy atom. The van der Waals surface area contributed by atoms with Crippen LogP contribution in [0.25, 0.3) is 0 Å². The molecule has 0 amide bonds. The van der Waals surface area contributed by atoms with Crippen LogP contribution in [0.1, 0.15) is 11.1 Å². The van der Waals surface area contributed by atoms with E-state index in [1.807, 2.05) is 16.4 Å². The van der Waals surface area contributed by atoms with Gasteiger partial charge in [0.2, 0.25) is 0 Å². The molecule has 0 bridgehead atoms. The highest BCUT2D eigenvalue weighted by molar-refractivity contribution is 9.10. The molecule has 0 aliphatic carbocycles. The monoisotopic (exact) mass is 347 g/mol. The summed E-state index contributed by atoms with van der Waals surface area (Å²) in [5.74, 6) is 0. The van der Waals surface area contributed by atoms with Gasteiger partial charge in [-0.25, -0.2) is 0 Å². The lowest BCUT2D eigenvalue weighted by Gasteiger charge is -2.12. The van der Waals surface area contributed by atoms with E-state index in [4.69, 9.17) is 5.26 Å². The Morgan fingerprint density at radius 3 is 2.65 bits per heavy atom. The van der Waals surface area contributed by atoms with E-state index in [1.54, 1.807) is 24.3 Å². The van der Waals surface area contributed by atoms with E-state index in [-0.39, 0.29) is 0 Å². The second kappa shape index (κ2) is 5.39. The molecule has 0 saturated carbocycles. The van der Waals surface area contributed by atoms with E-state index in [1.165, 1.54) is 5.56 Å². The number of hydrogen-bond donors (Lipinski definition) is 0. The normalized spacial score (nSPS) is 14.7. The molecule has 0 radical (unpaired) electrons. The zero-order chi connectivity index (χ0) is 14.1. The number of rotatable bonds is 2. The van der Waals surface area contributed by atoms with Crippen molar-refractivity contribution in [2.24, 2.45) is 0 Å². The number of nitrogens with zero attached hydrogens (tertiary/aromatic N) is 2. The van der Waals surface area contributed by atoms with Crippen molar-refractivity contribution in [1.29, 1.82) is 5.26 Å². The molecule has 1 heterocycles. The summed E-state index contributed by atoms with van der Waals surface area (Å²) in [6.07, 6.45) is 0.909. The van der Waals surface area contributed by atoms with Crippen LogP contribution >= 0.6 is 15.9 Å². The van der Waals surface area contributed by atoms with Gasteiger partial charge in [0.25, 0.3) is 0 Å². The van der Waals surface area contributed by atoms with Crippen molar-refractivity contribution in [1.82, 2.24) is 0 Å². The molecular weight excluding hydrogens is 336 g/mol. The molecule has 2 aromatic rings. The van der Waals surface area contributed by atoms with Crippen molar-refractivity contribution in [3.05, 3.63) is 58.1 Å². The van der Waals surface area contributed by atoms with Crippen LogP contribution in [0.3, 0.4) is 0 Å². The second-order valence-electron chi connectivity index (χ2n) is 4.58. The molecule has 0 fully saturated rings. The fourth-order valence-corrected chi connectivity index (χ4v) is 4.11. The molecule has 3 rings (SSSR count). The number of halogens is 1. The third-order valence-corrected chi connectivity index (χ3v) is 5.44. The van der Waals surface area contributed by atoms with Crippen LogP contribution in [-0.4, -0.2) is 6.54 Å². The lowest BCUT2D eigenvalue weighted by atomic mass is 10.2. The number of thiol groups is 1. The first-order valence-electron chi connectivity index (χ1n) is 6.22. The minimum atomic E-state index is -1.63. The molecule has 20 heavy (non-hydrogen) atoms. The molecule has 3 nitrogen and oxygen atoms in total. The van der Waals surface area contributed by atoms with E-state index < -0.39 is 11.0 Å². The third-order valence-electron chi connectivity index (χ3n) is 3.35. The molecule has 1 atom stereocenters. The summed E-state index contributed by atoms with van der Waals surface area (Å²) in [5.41, 5.74) is 2.85. The quantitative estimate of drug-likeness (QED) is 0.617. The molecule has 100 valence electrons. The summed E-state index contributed by atoms with van der Waals surface area (Å²) in [7, 11) is -1.63. The fourth-order valence-electron chi connectivity index (χ4n) is 2.34. The predicted octanol–water partition coefficient (Wildman–Crippen LogP) is 3.35. The topological polar surface area (TPSA) is 44.1 Å². The Kier molecular flexibility index (Phi) is 3.60. The number of hydrogen-bond acceptors (Lipinski definition) is 2. The van der Waals surface area contributed by atoms with Gasteiger partial charge in [0, 0.05) is 4.47 Å². The zero-order valence-electron chi connectivity index (χ0n) is 10.6. The largest absolute Gasteiger partial charge is 0.199 e. The summed E-state index contributed by atoms with van der Waals surface area (Å²) in [6.45, 7) is 0.765. The van der Waals surface area contributed by atoms with E-state index in [9.17, 15) is 4.21 Å². The van der Waals surface area contributed by atoms with E-state index >= 15 is 0 Å². The average molecular weight is 348 g/mol. The summed E-state index contributed by atoms with van der Waals surface area (Å²) < 4.78 is 15.7. The molecule has 0 aromatic heterocycles. The van der Waals surface area contributed by atoms with Crippen LogP contribution in [0.4, 0.5) is 5.69 Å². The lowest BCUT2D eigenvalue weighted by molar-refractivity contribution is 0.593. The molecule has 1 aliphatic rings. The highest BCUT2D eigenvalue weighted by Gasteiger charge is 2.29. The van der Waals surface area contributed by atoms with E-state index in [0.29, 0.717) is 5.56 Å². The standard InChI is InChI=1S/C15H11BrN2OS/c16-13-3-6-15-12(9-13)7-8-18(15)20(19)14-4-1-11(10-17)2-5-14/h1-6,9H,7-8H2/p+1. The fraction of sp³-hybridized carbons (Fsp3) is 0.133. The Morgan fingerprint density at radius 2 is 1.95 bits per heavy atom. The molecule has 0 N–H and O–H groups in total. The summed E-state index contributed by atoms with van der Waals surface area (Å²) in [4.78, 5) is 0.759. The highest BCUT2D eigenvalue weighted by atomic mass is 79.9. The molecule has 1 aliphatic heterocycles. The SMILES string of the molecule is N#Cc1ccc([SH+](=O)N2CCc3cc(Br)ccc32)cc1. The third kappa shape index (κ3) is 2.37. The van der Waals surface area contributed by atoms with Crippen molar-refractivity contribution in [3.8, 4) is 6.07 Å². The van der Waals surface area contributed by atoms with Gasteiger partial charge in [0.15, 0.2) is 15.9 Å². The van der Waals surface area contributed by atoms with Crippen molar-refractivity contribution >= 4 is 32.6 Å². The smallest absolute Gasteiger partial charge is 0.192 e. The maximum atomic E-state index is 12.7. The van der Waals surface area contributed by atoms with Crippen molar-refractivity contribution in [2.75, 3.05) is 10.8 Å². The van der Waals surface area contributed by atoms with Gasteiger partial charge in [0.05, 0.1) is 23.9 Å². The van der Waals surface area contributed by atoms with Crippen molar-refractivity contribution in [3.63, 3.8) is 0 Å². The molecular formula is C15H12BrN2OS+. The number of nitriles is 1. The van der Waals surface area contributed by atoms with E-state index in [0.717, 1.165) is 28.0 Å². The van der Waals surface area contributed by atoms with Crippen molar-refractivity contribution < 1.29 is 4.21 Å². The van der Waals surface area contributed by atoms with Gasteiger partial charge in [-0.2, -0.15) is 9.57 Å². The van der Waals surface area contributed by atoms with Gasteiger partial charge in [-0.15, -0.1) is 0 Å². The number of benzene rings is 2. The first-order chi connectivity index (χ1) is 9.69. The van der Waals surface area contributed by atoms with Gasteiger partial charge in [0.1, 0.15) is 0 Å². The van der Waals surface area contributed by atoms with Crippen LogP contribution in [0, 0.1) is 11.3 Å². The Bertz CT molecular complexity index is 722. The predicted molar refractivity (Wildman–Crippen MR) is 84.1 cm³/mol. The van der Waals surface area contributed by atoms with E-state index in [2.05, 4.69) is 28.1 Å². The number of anilines is 1. The highest BCUT2D eigenvalue weighted by Crippen LogP contribution is 2.33. The van der Waals surface area contributed by atoms with Crippen molar-refractivity contribution in [2.45, 2.75) is 11.3 Å². The van der Waals surface area contributed by atoms with Gasteiger partial charge < -0.3 is 0 Å². The summed E-state index contributed by atoms with van der Waals surface area (Å²) >= 11 is 3.46. The summed E-state index contributed by atoms with van der Waals surface area (Å²) in [5, 5.41) is 8.80. The minimum absolute atomic E-state index is 0.586. The van der Waals surface area contributed by atoms with Gasteiger partial charge in [-0.1, -0.05) is 20.1 Å². The first-order valence-corrected chi connectivity index (χ1v) is 8.23. The Hall–Kier alpha value is -1.64. The van der Waals surface area contributed by atoms with Crippen LogP contribution < -0.4 is 4.31 Å². The molecule has 0 spiro atoms. The molecule has 1 unspecified atom stereocenters. The zero-order valence-corrected chi connectivity index (χ0v) is 13.1. The molecule has 2 aromatic carbocycles. The number of fused-ring (bicyclic) bond motifs is 1. The van der Waals surface area contributed by atoms with Crippen LogP contribution in [0.5, 0.6) is 0 Å². The molecule has 0 saturated heterocycles. The maximum Gasteiger partial charge on any atom is 0.199 e. The van der Waals surface area contributed by atoms with Gasteiger partial charge in [-0.05, 0) is 54.4 Å². The Labute approximate surface area is 128 Å². The molecule has 5 heteroatoms. The van der Waals surface area contributed by atoms with Gasteiger partial charge in [-0.3, -0.25) is 0 Å². The maximum absolute atomic E-state index is 12.7. The summed E-state index contributed by atoms with van der Waals surface area (Å²) in [6, 6.07) is 15.1. The lowest BCUT2D eigenvalue weighted by Crippen LogP contribution is -2.22. The van der Waals surface area contributed by atoms with Crippen LogP contribution in [0.15, 0.2) is 51.8 Å². The van der Waals surface area contributed by atoms with Crippen LogP contribution in [-0.2, 0) is 21.6 Å². The van der Waals surface area contributed by atoms with Crippen LogP contribution in [0.2, 0.25) is 0 Å². The second-order valence-corrected chi connectivity index (χ2v) is 7.04. The minimum Gasteiger partial charge on any atom is -0.192 e. The Balaban J connectivity index is 1.91. The average Bonchev–Trinajstić information content (AvgIpc) is 2.89.